The normalized spacial score (nSPS) is 27.1. The van der Waals surface area contributed by atoms with Gasteiger partial charge in [0.25, 0.3) is 5.66 Å². The third-order valence-electron chi connectivity index (χ3n) is 2.83. The maximum Gasteiger partial charge on any atom is 0.277 e. The summed E-state index contributed by atoms with van der Waals surface area (Å²) in [7, 11) is 0. The van der Waals surface area contributed by atoms with E-state index in [0.717, 1.165) is 25.9 Å². The average Bonchev–Trinajstić information content (AvgIpc) is 2.90. The second-order valence-electron chi connectivity index (χ2n) is 3.96. The van der Waals surface area contributed by atoms with E-state index in [-0.39, 0.29) is 4.92 Å². The maximum atomic E-state index is 11.0. The fraction of sp³-hybridized carbons (Fsp3) is 1.00. The number of rotatable bonds is 3. The summed E-state index contributed by atoms with van der Waals surface area (Å²) in [6.07, 6.45) is 3.42. The smallest absolute Gasteiger partial charge is 0.277 e. The van der Waals surface area contributed by atoms with Gasteiger partial charge in [-0.25, -0.2) is 5.32 Å². The third-order valence-corrected chi connectivity index (χ3v) is 2.83. The van der Waals surface area contributed by atoms with Gasteiger partial charge in [0.2, 0.25) is 0 Å². The Kier molecular flexibility index (Phi) is 2.21. The van der Waals surface area contributed by atoms with Crippen LogP contribution in [0.15, 0.2) is 0 Å². The molecule has 1 saturated carbocycles. The minimum atomic E-state index is -0.827. The van der Waals surface area contributed by atoms with Crippen LogP contribution in [0.1, 0.15) is 25.7 Å². The first kappa shape index (κ1) is 8.90. The largest absolute Gasteiger partial charge is 0.316 e. The number of nitro groups is 1. The minimum absolute atomic E-state index is 0.133. The van der Waals surface area contributed by atoms with Gasteiger partial charge < -0.3 is 5.32 Å². The Balaban J connectivity index is 2.02. The van der Waals surface area contributed by atoms with E-state index in [1.54, 1.807) is 0 Å². The molecule has 1 aliphatic heterocycles. The molecule has 2 aliphatic rings. The molecule has 0 unspecified atom stereocenters. The van der Waals surface area contributed by atoms with Crippen molar-refractivity contribution in [3.63, 3.8) is 0 Å². The molecule has 2 N–H and O–H groups in total. The molecule has 5 heteroatoms. The molecule has 13 heavy (non-hydrogen) atoms. The maximum absolute atomic E-state index is 11.0. The third kappa shape index (κ3) is 1.81. The Hall–Kier alpha value is -0.680. The predicted octanol–water partition coefficient (Wildman–Crippen LogP) is 0.0948. The highest BCUT2D eigenvalue weighted by Gasteiger charge is 2.46. The molecule has 0 atom stereocenters. The van der Waals surface area contributed by atoms with Crippen molar-refractivity contribution in [2.24, 2.45) is 0 Å². The first-order valence-electron chi connectivity index (χ1n) is 4.86. The zero-order valence-corrected chi connectivity index (χ0v) is 7.58. The van der Waals surface area contributed by atoms with Crippen LogP contribution in [-0.2, 0) is 0 Å². The van der Waals surface area contributed by atoms with E-state index in [9.17, 15) is 10.1 Å². The van der Waals surface area contributed by atoms with Crippen molar-refractivity contribution in [1.29, 1.82) is 0 Å². The van der Waals surface area contributed by atoms with Gasteiger partial charge in [-0.15, -0.1) is 0 Å². The second kappa shape index (κ2) is 3.23. The zero-order valence-electron chi connectivity index (χ0n) is 7.58. The van der Waals surface area contributed by atoms with E-state index < -0.39 is 5.66 Å². The number of hydrogen-bond acceptors (Lipinski definition) is 4. The molecule has 5 nitrogen and oxygen atoms in total. The Labute approximate surface area is 77.0 Å². The lowest BCUT2D eigenvalue weighted by Crippen LogP contribution is -2.58. The van der Waals surface area contributed by atoms with Gasteiger partial charge in [0.1, 0.15) is 0 Å². The highest BCUT2D eigenvalue weighted by Crippen LogP contribution is 2.27. The summed E-state index contributed by atoms with van der Waals surface area (Å²) in [5.41, 5.74) is -0.827. The van der Waals surface area contributed by atoms with Gasteiger partial charge in [0.15, 0.2) is 0 Å². The van der Waals surface area contributed by atoms with Crippen LogP contribution in [0.2, 0.25) is 0 Å². The number of piperidine rings is 1. The van der Waals surface area contributed by atoms with Crippen LogP contribution >= 0.6 is 0 Å². The van der Waals surface area contributed by atoms with Gasteiger partial charge in [0, 0.05) is 36.9 Å². The van der Waals surface area contributed by atoms with Crippen LogP contribution in [0.3, 0.4) is 0 Å². The fourth-order valence-electron chi connectivity index (χ4n) is 1.83. The molecule has 0 aromatic rings. The van der Waals surface area contributed by atoms with Gasteiger partial charge >= 0.3 is 0 Å². The van der Waals surface area contributed by atoms with Gasteiger partial charge in [-0.1, -0.05) is 0 Å². The van der Waals surface area contributed by atoms with Crippen molar-refractivity contribution in [2.45, 2.75) is 37.4 Å². The van der Waals surface area contributed by atoms with E-state index in [2.05, 4.69) is 10.6 Å². The monoisotopic (exact) mass is 185 g/mol. The lowest BCUT2D eigenvalue weighted by molar-refractivity contribution is -0.582. The zero-order chi connectivity index (χ0) is 9.31. The summed E-state index contributed by atoms with van der Waals surface area (Å²) >= 11 is 0. The average molecular weight is 185 g/mol. The molecular weight excluding hydrogens is 170 g/mol. The van der Waals surface area contributed by atoms with Crippen LogP contribution in [0, 0.1) is 10.1 Å². The number of nitrogens with one attached hydrogen (secondary N) is 2. The van der Waals surface area contributed by atoms with Crippen LogP contribution < -0.4 is 10.6 Å². The highest BCUT2D eigenvalue weighted by molar-refractivity contribution is 4.91. The van der Waals surface area contributed by atoms with Crippen LogP contribution in [0.25, 0.3) is 0 Å². The Morgan fingerprint density at radius 1 is 1.38 bits per heavy atom. The molecule has 2 rings (SSSR count). The van der Waals surface area contributed by atoms with Gasteiger partial charge in [-0.05, 0) is 12.8 Å². The van der Waals surface area contributed by atoms with E-state index in [0.29, 0.717) is 18.9 Å². The molecule has 0 radical (unpaired) electrons. The van der Waals surface area contributed by atoms with E-state index in [1.807, 2.05) is 0 Å². The second-order valence-corrected chi connectivity index (χ2v) is 3.96. The van der Waals surface area contributed by atoms with Crippen LogP contribution in [-0.4, -0.2) is 29.7 Å². The molecule has 0 bridgehead atoms. The van der Waals surface area contributed by atoms with Gasteiger partial charge in [0.05, 0.1) is 0 Å². The van der Waals surface area contributed by atoms with Crippen molar-refractivity contribution in [3.8, 4) is 0 Å². The van der Waals surface area contributed by atoms with E-state index in [1.165, 1.54) is 0 Å². The Bertz CT molecular complexity index is 209. The minimum Gasteiger partial charge on any atom is -0.316 e. The van der Waals surface area contributed by atoms with Gasteiger partial charge in [-0.2, -0.15) is 0 Å². The number of hydrogen-bond donors (Lipinski definition) is 2. The summed E-state index contributed by atoms with van der Waals surface area (Å²) < 4.78 is 0. The Morgan fingerprint density at radius 3 is 2.46 bits per heavy atom. The molecule has 74 valence electrons. The summed E-state index contributed by atoms with van der Waals surface area (Å²) in [6.45, 7) is 1.50. The lowest BCUT2D eigenvalue weighted by Gasteiger charge is -2.30. The van der Waals surface area contributed by atoms with E-state index >= 15 is 0 Å². The molecule has 0 spiro atoms. The van der Waals surface area contributed by atoms with Crippen molar-refractivity contribution >= 4 is 0 Å². The summed E-state index contributed by atoms with van der Waals surface area (Å²) in [5, 5.41) is 17.3. The quantitative estimate of drug-likeness (QED) is 0.371. The molecule has 1 saturated heterocycles. The molecule has 0 aromatic carbocycles. The first-order valence-corrected chi connectivity index (χ1v) is 4.86. The van der Waals surface area contributed by atoms with Crippen molar-refractivity contribution in [1.82, 2.24) is 10.6 Å². The predicted molar refractivity (Wildman–Crippen MR) is 48.0 cm³/mol. The van der Waals surface area contributed by atoms with Crippen LogP contribution in [0.5, 0.6) is 0 Å². The standard InChI is InChI=1S/C8H15N3O2/c12-11(13)8(10-7-1-2-7)3-5-9-6-4-8/h7,9-10H,1-6H2. The summed E-state index contributed by atoms with van der Waals surface area (Å²) in [6, 6.07) is 0.406. The molecular formula is C8H15N3O2. The highest BCUT2D eigenvalue weighted by atomic mass is 16.6. The van der Waals surface area contributed by atoms with Crippen molar-refractivity contribution in [3.05, 3.63) is 10.1 Å². The fourth-order valence-corrected chi connectivity index (χ4v) is 1.83. The van der Waals surface area contributed by atoms with E-state index in [4.69, 9.17) is 0 Å². The van der Waals surface area contributed by atoms with Crippen molar-refractivity contribution < 1.29 is 4.92 Å². The summed E-state index contributed by atoms with van der Waals surface area (Å²) in [5.74, 6) is 0. The first-order chi connectivity index (χ1) is 6.23. The van der Waals surface area contributed by atoms with Gasteiger partial charge in [-0.3, -0.25) is 10.1 Å². The summed E-state index contributed by atoms with van der Waals surface area (Å²) in [4.78, 5) is 10.8. The molecule has 1 heterocycles. The molecule has 0 aromatic heterocycles. The topological polar surface area (TPSA) is 67.2 Å². The van der Waals surface area contributed by atoms with Crippen LogP contribution in [0.4, 0.5) is 0 Å². The molecule has 0 amide bonds. The number of nitrogens with zero attached hydrogens (tertiary/aromatic N) is 1. The lowest BCUT2D eigenvalue weighted by atomic mass is 9.99. The molecule has 2 fully saturated rings. The SMILES string of the molecule is O=[N+]([O-])C1(NC2CC2)CCNCC1. The Morgan fingerprint density at radius 2 is 2.00 bits per heavy atom. The molecule has 1 aliphatic carbocycles. The van der Waals surface area contributed by atoms with Crippen molar-refractivity contribution in [2.75, 3.05) is 13.1 Å².